The van der Waals surface area contributed by atoms with Crippen LogP contribution in [0.25, 0.3) is 10.9 Å². The number of aromatic nitrogens is 2. The lowest BCUT2D eigenvalue weighted by Crippen LogP contribution is -2.24. The molecule has 0 saturated heterocycles. The highest BCUT2D eigenvalue weighted by Gasteiger charge is 2.19. The van der Waals surface area contributed by atoms with Gasteiger partial charge in [0.2, 0.25) is 0 Å². The third-order valence-corrected chi connectivity index (χ3v) is 3.25. The molecule has 0 spiro atoms. The van der Waals surface area contributed by atoms with Gasteiger partial charge in [-0.1, -0.05) is 13.8 Å². The van der Waals surface area contributed by atoms with Crippen LogP contribution in [0, 0.1) is 19.3 Å². The number of nitrogens with zero attached hydrogens (tertiary/aromatic N) is 3. The fourth-order valence-electron chi connectivity index (χ4n) is 2.45. The van der Waals surface area contributed by atoms with E-state index in [-0.39, 0.29) is 0 Å². The van der Waals surface area contributed by atoms with E-state index in [0.717, 1.165) is 16.8 Å². The van der Waals surface area contributed by atoms with Gasteiger partial charge in [-0.15, -0.1) is 11.5 Å². The van der Waals surface area contributed by atoms with Gasteiger partial charge in [-0.2, -0.15) is 5.10 Å². The molecular formula is C20H28N4O2. The fourth-order valence-corrected chi connectivity index (χ4v) is 2.45. The highest BCUT2D eigenvalue weighted by molar-refractivity contribution is 6.06. The average Bonchev–Trinajstić information content (AvgIpc) is 2.55. The first-order valence-corrected chi connectivity index (χ1v) is 8.57. The molecule has 140 valence electrons. The van der Waals surface area contributed by atoms with Crippen molar-refractivity contribution in [2.45, 2.75) is 47.1 Å². The second kappa shape index (κ2) is 8.52. The highest BCUT2D eigenvalue weighted by Crippen LogP contribution is 2.36. The number of hydrogen-bond acceptors (Lipinski definition) is 5. The van der Waals surface area contributed by atoms with Crippen molar-refractivity contribution in [1.82, 2.24) is 10.2 Å². The molecular weight excluding hydrogens is 328 g/mol. The van der Waals surface area contributed by atoms with E-state index in [1.165, 1.54) is 0 Å². The third kappa shape index (κ3) is 5.09. The molecule has 0 unspecified atom stereocenters. The average molecular weight is 356 g/mol. The van der Waals surface area contributed by atoms with Crippen molar-refractivity contribution in [2.75, 3.05) is 24.3 Å². The Bertz CT molecular complexity index is 830. The van der Waals surface area contributed by atoms with E-state index >= 15 is 0 Å². The van der Waals surface area contributed by atoms with E-state index in [1.807, 2.05) is 66.6 Å². The molecule has 2 aromatic rings. The van der Waals surface area contributed by atoms with E-state index in [9.17, 15) is 4.79 Å². The molecule has 0 aliphatic heterocycles. The highest BCUT2D eigenvalue weighted by atomic mass is 16.5. The minimum atomic E-state index is -0.529. The van der Waals surface area contributed by atoms with Crippen molar-refractivity contribution >= 4 is 28.2 Å². The van der Waals surface area contributed by atoms with Crippen LogP contribution in [0.3, 0.4) is 0 Å². The van der Waals surface area contributed by atoms with E-state index in [0.29, 0.717) is 17.0 Å². The summed E-state index contributed by atoms with van der Waals surface area (Å²) >= 11 is 0. The van der Waals surface area contributed by atoms with Crippen LogP contribution in [-0.4, -0.2) is 35.8 Å². The normalized spacial score (nSPS) is 10.4. The van der Waals surface area contributed by atoms with Crippen LogP contribution in [0.4, 0.5) is 11.4 Å². The van der Waals surface area contributed by atoms with E-state index < -0.39 is 11.5 Å². The zero-order chi connectivity index (χ0) is 20.1. The lowest BCUT2D eigenvalue weighted by Gasteiger charge is -2.24. The molecule has 6 heteroatoms. The molecule has 2 rings (SSSR count). The Morgan fingerprint density at radius 2 is 1.85 bits per heavy atom. The Balaban J connectivity index is 0.00000163. The number of terminal acetylenes is 1. The molecule has 1 N–H and O–H groups in total. The van der Waals surface area contributed by atoms with E-state index in [4.69, 9.17) is 11.2 Å². The van der Waals surface area contributed by atoms with Crippen molar-refractivity contribution in [3.63, 3.8) is 0 Å². The van der Waals surface area contributed by atoms with Crippen LogP contribution in [0.15, 0.2) is 12.1 Å². The molecule has 0 aliphatic rings. The summed E-state index contributed by atoms with van der Waals surface area (Å²) in [4.78, 5) is 13.6. The van der Waals surface area contributed by atoms with Crippen LogP contribution in [0.5, 0.6) is 5.75 Å². The first kappa shape index (κ1) is 21.2. The van der Waals surface area contributed by atoms with Gasteiger partial charge >= 0.3 is 0 Å². The Labute approximate surface area is 155 Å². The predicted octanol–water partition coefficient (Wildman–Crippen LogP) is 3.78. The van der Waals surface area contributed by atoms with E-state index in [2.05, 4.69) is 21.4 Å². The minimum absolute atomic E-state index is 0.439. The maximum Gasteiger partial charge on any atom is 0.300 e. The second-order valence-electron chi connectivity index (χ2n) is 6.71. The van der Waals surface area contributed by atoms with Gasteiger partial charge in [-0.3, -0.25) is 4.79 Å². The van der Waals surface area contributed by atoms with Crippen LogP contribution in [-0.2, 0) is 4.79 Å². The third-order valence-electron chi connectivity index (χ3n) is 3.25. The molecule has 0 fully saturated rings. The topological polar surface area (TPSA) is 67.4 Å². The summed E-state index contributed by atoms with van der Waals surface area (Å²) in [6, 6.07) is 3.59. The monoisotopic (exact) mass is 356 g/mol. The van der Waals surface area contributed by atoms with Crippen molar-refractivity contribution in [2.24, 2.45) is 0 Å². The summed E-state index contributed by atoms with van der Waals surface area (Å²) < 4.78 is 5.95. The molecule has 26 heavy (non-hydrogen) atoms. The summed E-state index contributed by atoms with van der Waals surface area (Å²) in [5.74, 6) is 2.03. The largest absolute Gasteiger partial charge is 0.486 e. The first-order chi connectivity index (χ1) is 12.1. The maximum absolute atomic E-state index is 11.7. The zero-order valence-corrected chi connectivity index (χ0v) is 16.9. The number of fused-ring (bicyclic) bond motifs is 1. The standard InChI is InChI=1S/C18H22N4O2.C2H6/c1-8-16(23)19-14-9-12-13(10-15(14)24-18(3,4)5)21-20-11(2)17(12)22(6)7;1-2/h1,9-10H,2-7H3,(H,19,23);1-2H3. The van der Waals surface area contributed by atoms with Crippen LogP contribution in [0.2, 0.25) is 0 Å². The molecule has 6 nitrogen and oxygen atoms in total. The SMILES string of the molecule is C#CC(=O)Nc1cc2c(N(C)C)c(C)nnc2cc1OC(C)(C)C.CC. The number of benzene rings is 1. The predicted molar refractivity (Wildman–Crippen MR) is 108 cm³/mol. The lowest BCUT2D eigenvalue weighted by atomic mass is 10.1. The van der Waals surface area contributed by atoms with Gasteiger partial charge in [0.15, 0.2) is 0 Å². The number of carbonyl (C=O) groups excluding carboxylic acids is 1. The van der Waals surface area contributed by atoms with Crippen molar-refractivity contribution in [1.29, 1.82) is 0 Å². The summed E-state index contributed by atoms with van der Waals surface area (Å²) in [6.07, 6.45) is 5.18. The molecule has 0 atom stereocenters. The summed E-state index contributed by atoms with van der Waals surface area (Å²) in [5, 5.41) is 12.0. The minimum Gasteiger partial charge on any atom is -0.486 e. The molecule has 0 aliphatic carbocycles. The Morgan fingerprint density at radius 1 is 1.23 bits per heavy atom. The van der Waals surface area contributed by atoms with Gasteiger partial charge in [0.25, 0.3) is 5.91 Å². The lowest BCUT2D eigenvalue weighted by molar-refractivity contribution is -0.111. The van der Waals surface area contributed by atoms with Crippen molar-refractivity contribution in [3.05, 3.63) is 17.8 Å². The van der Waals surface area contributed by atoms with Gasteiger partial charge < -0.3 is 15.0 Å². The van der Waals surface area contributed by atoms with Gasteiger partial charge in [0, 0.05) is 25.5 Å². The molecule has 1 amide bonds. The Hall–Kier alpha value is -2.81. The molecule has 0 radical (unpaired) electrons. The first-order valence-electron chi connectivity index (χ1n) is 8.57. The Kier molecular flexibility index (Phi) is 6.96. The number of aryl methyl sites for hydroxylation is 1. The molecule has 1 aromatic heterocycles. The van der Waals surface area contributed by atoms with Crippen LogP contribution in [0.1, 0.15) is 40.3 Å². The van der Waals surface area contributed by atoms with Crippen molar-refractivity contribution in [3.8, 4) is 18.1 Å². The summed E-state index contributed by atoms with van der Waals surface area (Å²) in [6.45, 7) is 11.7. The summed E-state index contributed by atoms with van der Waals surface area (Å²) in [5.41, 5.74) is 2.48. The molecule has 1 heterocycles. The number of hydrogen-bond donors (Lipinski definition) is 1. The van der Waals surface area contributed by atoms with Gasteiger partial charge in [-0.05, 0) is 39.7 Å². The zero-order valence-electron chi connectivity index (χ0n) is 16.9. The maximum atomic E-state index is 11.7. The number of amides is 1. The number of carbonyl (C=O) groups is 1. The van der Waals surface area contributed by atoms with E-state index in [1.54, 1.807) is 6.07 Å². The number of nitrogens with one attached hydrogen (secondary N) is 1. The van der Waals surface area contributed by atoms with Crippen LogP contribution >= 0.6 is 0 Å². The fraction of sp³-hybridized carbons (Fsp3) is 0.450. The smallest absolute Gasteiger partial charge is 0.300 e. The summed E-state index contributed by atoms with van der Waals surface area (Å²) in [7, 11) is 3.87. The quantitative estimate of drug-likeness (QED) is 0.848. The number of rotatable bonds is 3. The Morgan fingerprint density at radius 3 is 2.35 bits per heavy atom. The second-order valence-corrected chi connectivity index (χ2v) is 6.71. The molecule has 0 saturated carbocycles. The van der Waals surface area contributed by atoms with Gasteiger partial charge in [-0.25, -0.2) is 0 Å². The van der Waals surface area contributed by atoms with Crippen molar-refractivity contribution < 1.29 is 9.53 Å². The molecule has 1 aromatic carbocycles. The number of anilines is 2. The molecule has 0 bridgehead atoms. The van der Waals surface area contributed by atoms with Gasteiger partial charge in [0.05, 0.1) is 22.6 Å². The van der Waals surface area contributed by atoms with Crippen LogP contribution < -0.4 is 15.0 Å². The van der Waals surface area contributed by atoms with Gasteiger partial charge in [0.1, 0.15) is 11.4 Å². The number of ether oxygens (including phenoxy) is 1.